The molecule has 0 spiro atoms. The fraction of sp³-hybridized carbons (Fsp3) is 0.176. The zero-order chi connectivity index (χ0) is 16.9. The Balaban J connectivity index is 1.64. The molecule has 1 aromatic carbocycles. The lowest BCUT2D eigenvalue weighted by atomic mass is 10.1. The molecule has 2 N–H and O–H groups in total. The second-order valence-electron chi connectivity index (χ2n) is 5.37. The molecular weight excluding hydrogens is 304 g/mol. The van der Waals surface area contributed by atoms with Crippen molar-refractivity contribution in [3.8, 4) is 0 Å². The van der Waals surface area contributed by atoms with E-state index in [9.17, 15) is 4.79 Å². The molecule has 3 rings (SSSR count). The predicted molar refractivity (Wildman–Crippen MR) is 91.9 cm³/mol. The quantitative estimate of drug-likeness (QED) is 0.772. The van der Waals surface area contributed by atoms with Gasteiger partial charge in [0.05, 0.1) is 6.04 Å². The number of imidazole rings is 1. The number of anilines is 2. The van der Waals surface area contributed by atoms with Crippen LogP contribution in [-0.4, -0.2) is 25.8 Å². The number of carbonyl (C=O) groups excluding carboxylic acids is 1. The molecule has 7 heteroatoms. The van der Waals surface area contributed by atoms with E-state index < -0.39 is 0 Å². The van der Waals surface area contributed by atoms with Crippen LogP contribution >= 0.6 is 0 Å². The molecule has 24 heavy (non-hydrogen) atoms. The van der Waals surface area contributed by atoms with E-state index in [2.05, 4.69) is 37.3 Å². The molecule has 2 heterocycles. The summed E-state index contributed by atoms with van der Waals surface area (Å²) < 4.78 is 2.10. The smallest absolute Gasteiger partial charge is 0.324 e. The van der Waals surface area contributed by atoms with Crippen molar-refractivity contribution in [2.75, 3.05) is 10.6 Å². The summed E-state index contributed by atoms with van der Waals surface area (Å²) in [6.07, 6.45) is 5.30. The molecule has 0 aliphatic carbocycles. The Hall–Kier alpha value is -3.22. The highest BCUT2D eigenvalue weighted by Gasteiger charge is 2.10. The van der Waals surface area contributed by atoms with E-state index in [0.29, 0.717) is 11.5 Å². The fourth-order valence-corrected chi connectivity index (χ4v) is 2.45. The Morgan fingerprint density at radius 2 is 1.92 bits per heavy atom. The van der Waals surface area contributed by atoms with Crippen LogP contribution in [0.15, 0.2) is 55.0 Å². The Bertz CT molecular complexity index is 813. The van der Waals surface area contributed by atoms with Gasteiger partial charge in [0.2, 0.25) is 0 Å². The summed E-state index contributed by atoms with van der Waals surface area (Å²) in [6.45, 7) is 4.08. The molecule has 3 aromatic rings. The Labute approximate surface area is 139 Å². The summed E-state index contributed by atoms with van der Waals surface area (Å²) in [4.78, 5) is 16.2. The van der Waals surface area contributed by atoms with Crippen LogP contribution in [0.4, 0.5) is 16.3 Å². The van der Waals surface area contributed by atoms with Gasteiger partial charge in [0.1, 0.15) is 5.82 Å². The monoisotopic (exact) mass is 322 g/mol. The van der Waals surface area contributed by atoms with E-state index in [1.165, 1.54) is 0 Å². The van der Waals surface area contributed by atoms with E-state index >= 15 is 0 Å². The number of hydrogen-bond donors (Lipinski definition) is 2. The molecule has 0 saturated carbocycles. The van der Waals surface area contributed by atoms with E-state index in [0.717, 1.165) is 11.4 Å². The van der Waals surface area contributed by atoms with Gasteiger partial charge in [0, 0.05) is 24.3 Å². The maximum Gasteiger partial charge on any atom is 0.324 e. The van der Waals surface area contributed by atoms with Crippen LogP contribution < -0.4 is 10.6 Å². The first-order valence-electron chi connectivity index (χ1n) is 7.58. The van der Waals surface area contributed by atoms with Crippen LogP contribution in [0.3, 0.4) is 0 Å². The average Bonchev–Trinajstić information content (AvgIpc) is 3.02. The number of urea groups is 1. The lowest BCUT2D eigenvalue weighted by molar-refractivity contribution is 0.262. The third-order valence-electron chi connectivity index (χ3n) is 3.74. The zero-order valence-electron chi connectivity index (χ0n) is 13.5. The molecular formula is C17H18N6O. The largest absolute Gasteiger partial charge is 0.328 e. The summed E-state index contributed by atoms with van der Waals surface area (Å²) in [5.41, 5.74) is 1.84. The number of nitrogens with one attached hydrogen (secondary N) is 2. The van der Waals surface area contributed by atoms with Gasteiger partial charge in [0.15, 0.2) is 5.82 Å². The molecule has 7 nitrogen and oxygen atoms in total. The lowest BCUT2D eigenvalue weighted by Crippen LogP contribution is -2.20. The van der Waals surface area contributed by atoms with Gasteiger partial charge in [-0.1, -0.05) is 12.1 Å². The lowest BCUT2D eigenvalue weighted by Gasteiger charge is -2.16. The standard InChI is InChI=1S/C17H18N6O/c1-12(23-11-10-18-13(23)2)14-5-7-15(8-6-14)20-17(24)21-16-4-3-9-19-22-16/h3-12H,1-2H3,(H2,20,21,22,24)/t12-/m0/s1. The number of rotatable bonds is 4. The van der Waals surface area contributed by atoms with Gasteiger partial charge < -0.3 is 9.88 Å². The highest BCUT2D eigenvalue weighted by molar-refractivity contribution is 5.99. The predicted octanol–water partition coefficient (Wildman–Crippen LogP) is 3.23. The van der Waals surface area contributed by atoms with Gasteiger partial charge in [-0.15, -0.1) is 5.10 Å². The topological polar surface area (TPSA) is 84.7 Å². The minimum Gasteiger partial charge on any atom is -0.328 e. The fourth-order valence-electron chi connectivity index (χ4n) is 2.45. The van der Waals surface area contributed by atoms with Crippen molar-refractivity contribution in [1.29, 1.82) is 0 Å². The highest BCUT2D eigenvalue weighted by atomic mass is 16.2. The second kappa shape index (κ2) is 6.91. The number of carbonyl (C=O) groups is 1. The number of benzene rings is 1. The van der Waals surface area contributed by atoms with E-state index in [4.69, 9.17) is 0 Å². The van der Waals surface area contributed by atoms with Crippen LogP contribution in [0.25, 0.3) is 0 Å². The van der Waals surface area contributed by atoms with Crippen molar-refractivity contribution in [1.82, 2.24) is 19.7 Å². The molecule has 1 atom stereocenters. The van der Waals surface area contributed by atoms with Gasteiger partial charge >= 0.3 is 6.03 Å². The average molecular weight is 322 g/mol. The molecule has 0 aliphatic rings. The first kappa shape index (κ1) is 15.7. The zero-order valence-corrected chi connectivity index (χ0v) is 13.5. The van der Waals surface area contributed by atoms with Gasteiger partial charge in [-0.05, 0) is 43.7 Å². The summed E-state index contributed by atoms with van der Waals surface area (Å²) in [7, 11) is 0. The molecule has 0 bridgehead atoms. The molecule has 0 radical (unpaired) electrons. The minimum atomic E-state index is -0.359. The number of aromatic nitrogens is 4. The van der Waals surface area contributed by atoms with Gasteiger partial charge in [-0.2, -0.15) is 5.10 Å². The molecule has 2 amide bonds. The number of hydrogen-bond acceptors (Lipinski definition) is 4. The minimum absolute atomic E-state index is 0.176. The molecule has 0 aliphatic heterocycles. The van der Waals surface area contributed by atoms with Crippen LogP contribution in [0.2, 0.25) is 0 Å². The molecule has 0 unspecified atom stereocenters. The summed E-state index contributed by atoms with van der Waals surface area (Å²) in [5, 5.41) is 12.9. The molecule has 0 fully saturated rings. The van der Waals surface area contributed by atoms with Crippen molar-refractivity contribution in [2.24, 2.45) is 0 Å². The highest BCUT2D eigenvalue weighted by Crippen LogP contribution is 2.21. The third kappa shape index (κ3) is 3.57. The van der Waals surface area contributed by atoms with Crippen LogP contribution in [0.5, 0.6) is 0 Å². The van der Waals surface area contributed by atoms with E-state index in [-0.39, 0.29) is 12.1 Å². The normalized spacial score (nSPS) is 11.8. The maximum absolute atomic E-state index is 11.9. The Kier molecular flexibility index (Phi) is 4.51. The SMILES string of the molecule is Cc1nccn1[C@@H](C)c1ccc(NC(=O)Nc2cccnn2)cc1. The Morgan fingerprint density at radius 3 is 2.54 bits per heavy atom. The summed E-state index contributed by atoms with van der Waals surface area (Å²) >= 11 is 0. The van der Waals surface area contributed by atoms with Gasteiger partial charge in [-0.25, -0.2) is 9.78 Å². The van der Waals surface area contributed by atoms with Crippen LogP contribution in [-0.2, 0) is 0 Å². The number of amides is 2. The number of nitrogens with zero attached hydrogens (tertiary/aromatic N) is 4. The second-order valence-corrected chi connectivity index (χ2v) is 5.37. The maximum atomic E-state index is 11.9. The first-order valence-corrected chi connectivity index (χ1v) is 7.58. The van der Waals surface area contributed by atoms with Crippen molar-refractivity contribution in [3.63, 3.8) is 0 Å². The van der Waals surface area contributed by atoms with Crippen molar-refractivity contribution < 1.29 is 4.79 Å². The third-order valence-corrected chi connectivity index (χ3v) is 3.74. The van der Waals surface area contributed by atoms with Crippen molar-refractivity contribution in [3.05, 3.63) is 66.4 Å². The van der Waals surface area contributed by atoms with Gasteiger partial charge in [-0.3, -0.25) is 5.32 Å². The van der Waals surface area contributed by atoms with Gasteiger partial charge in [0.25, 0.3) is 0 Å². The first-order chi connectivity index (χ1) is 11.6. The molecule has 2 aromatic heterocycles. The van der Waals surface area contributed by atoms with E-state index in [1.807, 2.05) is 37.4 Å². The molecule has 0 saturated heterocycles. The van der Waals surface area contributed by atoms with Crippen LogP contribution in [0.1, 0.15) is 24.4 Å². The summed E-state index contributed by atoms with van der Waals surface area (Å²) in [5.74, 6) is 1.36. The summed E-state index contributed by atoms with van der Waals surface area (Å²) in [6, 6.07) is 10.9. The Morgan fingerprint density at radius 1 is 1.12 bits per heavy atom. The van der Waals surface area contributed by atoms with Crippen LogP contribution in [0, 0.1) is 6.92 Å². The van der Waals surface area contributed by atoms with E-state index in [1.54, 1.807) is 24.5 Å². The van der Waals surface area contributed by atoms with Crippen molar-refractivity contribution in [2.45, 2.75) is 19.9 Å². The van der Waals surface area contributed by atoms with Crippen molar-refractivity contribution >= 4 is 17.5 Å². The molecule has 122 valence electrons. The number of aryl methyl sites for hydroxylation is 1.